The molecule has 7 nitrogen and oxygen atoms in total. The van der Waals surface area contributed by atoms with Gasteiger partial charge in [0.15, 0.2) is 0 Å². The maximum Gasteiger partial charge on any atom is 0.259 e. The van der Waals surface area contributed by atoms with Crippen molar-refractivity contribution in [1.29, 1.82) is 0 Å². The third kappa shape index (κ3) is 2.60. The van der Waals surface area contributed by atoms with E-state index in [0.29, 0.717) is 27.6 Å². The van der Waals surface area contributed by atoms with E-state index < -0.39 is 0 Å². The highest BCUT2D eigenvalue weighted by Gasteiger charge is 2.14. The minimum absolute atomic E-state index is 0.231. The molecule has 0 radical (unpaired) electrons. The lowest BCUT2D eigenvalue weighted by Gasteiger charge is -2.05. The molecule has 132 valence electrons. The molecule has 0 saturated heterocycles. The second kappa shape index (κ2) is 5.78. The molecule has 5 aromatic rings. The summed E-state index contributed by atoms with van der Waals surface area (Å²) >= 11 is 5.93. The highest BCUT2D eigenvalue weighted by molar-refractivity contribution is 6.29. The predicted molar refractivity (Wildman–Crippen MR) is 105 cm³/mol. The zero-order chi connectivity index (χ0) is 18.5. The fraction of sp³-hybridized carbons (Fsp3) is 0.0526. The van der Waals surface area contributed by atoms with Crippen LogP contribution in [0.2, 0.25) is 5.15 Å². The number of pyridine rings is 3. The smallest absolute Gasteiger partial charge is 0.259 e. The van der Waals surface area contributed by atoms with Gasteiger partial charge in [-0.15, -0.1) is 0 Å². The van der Waals surface area contributed by atoms with Gasteiger partial charge in [0.25, 0.3) is 5.56 Å². The first kappa shape index (κ1) is 15.8. The Morgan fingerprint density at radius 3 is 2.81 bits per heavy atom. The van der Waals surface area contributed by atoms with Crippen molar-refractivity contribution < 1.29 is 0 Å². The summed E-state index contributed by atoms with van der Waals surface area (Å²) in [6, 6.07) is 7.25. The fourth-order valence-corrected chi connectivity index (χ4v) is 3.34. The standard InChI is InChI=1S/C19H13ClN6O/c1-26-5-3-10(9-26)17-11-6-12(19(27)25-13(11)2-4-21-17)18-23-14-7-16(20)22-8-15(14)24-18/h2-9H,1H3,(H,23,24)(H,25,27). The van der Waals surface area contributed by atoms with Crippen LogP contribution in [0.25, 0.3) is 44.6 Å². The van der Waals surface area contributed by atoms with Crippen LogP contribution in [-0.2, 0) is 7.05 Å². The summed E-state index contributed by atoms with van der Waals surface area (Å²) in [6.45, 7) is 0. The second-order valence-corrected chi connectivity index (χ2v) is 6.70. The Bertz CT molecular complexity index is 1380. The van der Waals surface area contributed by atoms with Crippen molar-refractivity contribution in [3.05, 3.63) is 64.6 Å². The van der Waals surface area contributed by atoms with Crippen LogP contribution in [0.15, 0.2) is 53.8 Å². The first-order valence-corrected chi connectivity index (χ1v) is 8.62. The average molecular weight is 377 g/mol. The van der Waals surface area contributed by atoms with Gasteiger partial charge in [-0.05, 0) is 18.2 Å². The Labute approximate surface area is 157 Å². The van der Waals surface area contributed by atoms with Gasteiger partial charge in [0, 0.05) is 42.7 Å². The zero-order valence-corrected chi connectivity index (χ0v) is 14.9. The number of aryl methyl sites for hydroxylation is 1. The number of H-pyrrole nitrogens is 2. The van der Waals surface area contributed by atoms with Gasteiger partial charge in [0.05, 0.1) is 34.0 Å². The van der Waals surface area contributed by atoms with Crippen LogP contribution < -0.4 is 5.56 Å². The van der Waals surface area contributed by atoms with E-state index in [0.717, 1.165) is 22.2 Å². The summed E-state index contributed by atoms with van der Waals surface area (Å²) in [6.07, 6.45) is 7.23. The van der Waals surface area contributed by atoms with E-state index in [4.69, 9.17) is 11.6 Å². The van der Waals surface area contributed by atoms with Gasteiger partial charge in [0.1, 0.15) is 11.0 Å². The largest absolute Gasteiger partial charge is 0.357 e. The van der Waals surface area contributed by atoms with E-state index in [1.165, 1.54) is 0 Å². The lowest BCUT2D eigenvalue weighted by molar-refractivity contribution is 0.928. The summed E-state index contributed by atoms with van der Waals surface area (Å²) < 4.78 is 1.96. The van der Waals surface area contributed by atoms with Crippen LogP contribution >= 0.6 is 11.6 Å². The molecule has 0 saturated carbocycles. The first-order valence-electron chi connectivity index (χ1n) is 8.24. The molecule has 0 aliphatic rings. The number of hydrogen-bond acceptors (Lipinski definition) is 4. The number of aromatic amines is 2. The molecule has 5 rings (SSSR count). The molecule has 0 amide bonds. The number of rotatable bonds is 2. The van der Waals surface area contributed by atoms with Crippen molar-refractivity contribution in [2.45, 2.75) is 0 Å². The molecule has 5 aromatic heterocycles. The molecule has 2 N–H and O–H groups in total. The topological polar surface area (TPSA) is 92.2 Å². The Morgan fingerprint density at radius 2 is 2.00 bits per heavy atom. The molecule has 0 aromatic carbocycles. The second-order valence-electron chi connectivity index (χ2n) is 6.31. The van der Waals surface area contributed by atoms with Crippen molar-refractivity contribution in [2.24, 2.45) is 7.05 Å². The normalized spacial score (nSPS) is 11.5. The van der Waals surface area contributed by atoms with Crippen molar-refractivity contribution >= 4 is 33.5 Å². The van der Waals surface area contributed by atoms with Crippen molar-refractivity contribution in [1.82, 2.24) is 29.5 Å². The molecule has 0 aliphatic heterocycles. The third-order valence-electron chi connectivity index (χ3n) is 4.47. The fourth-order valence-electron chi connectivity index (χ4n) is 3.19. The highest BCUT2D eigenvalue weighted by atomic mass is 35.5. The van der Waals surface area contributed by atoms with Gasteiger partial charge >= 0.3 is 0 Å². The van der Waals surface area contributed by atoms with Gasteiger partial charge < -0.3 is 14.5 Å². The maximum atomic E-state index is 12.6. The minimum atomic E-state index is -0.231. The van der Waals surface area contributed by atoms with E-state index in [1.807, 2.05) is 36.1 Å². The third-order valence-corrected chi connectivity index (χ3v) is 4.67. The van der Waals surface area contributed by atoms with Crippen LogP contribution in [0.3, 0.4) is 0 Å². The van der Waals surface area contributed by atoms with Gasteiger partial charge in [-0.3, -0.25) is 9.78 Å². The van der Waals surface area contributed by atoms with E-state index in [-0.39, 0.29) is 5.56 Å². The average Bonchev–Trinajstić information content (AvgIpc) is 3.26. The highest BCUT2D eigenvalue weighted by Crippen LogP contribution is 2.28. The van der Waals surface area contributed by atoms with Crippen molar-refractivity contribution in [2.75, 3.05) is 0 Å². The van der Waals surface area contributed by atoms with Gasteiger partial charge in [-0.25, -0.2) is 9.97 Å². The molecule has 0 aliphatic carbocycles. The summed E-state index contributed by atoms with van der Waals surface area (Å²) in [5.74, 6) is 0.458. The lowest BCUT2D eigenvalue weighted by atomic mass is 10.1. The Morgan fingerprint density at radius 1 is 1.11 bits per heavy atom. The zero-order valence-electron chi connectivity index (χ0n) is 14.2. The molecule has 8 heteroatoms. The van der Waals surface area contributed by atoms with Gasteiger partial charge in [-0.2, -0.15) is 0 Å². The number of nitrogens with one attached hydrogen (secondary N) is 2. The summed E-state index contributed by atoms with van der Waals surface area (Å²) in [5.41, 5.74) is 4.06. The Kier molecular flexibility index (Phi) is 3.38. The van der Waals surface area contributed by atoms with Gasteiger partial charge in [0.2, 0.25) is 0 Å². The van der Waals surface area contributed by atoms with Crippen molar-refractivity contribution in [3.63, 3.8) is 0 Å². The monoisotopic (exact) mass is 376 g/mol. The van der Waals surface area contributed by atoms with E-state index in [9.17, 15) is 4.79 Å². The minimum Gasteiger partial charge on any atom is -0.357 e. The van der Waals surface area contributed by atoms with Crippen LogP contribution in [0.4, 0.5) is 0 Å². The quantitative estimate of drug-likeness (QED) is 0.461. The number of halogens is 1. The number of fused-ring (bicyclic) bond motifs is 2. The molecule has 0 atom stereocenters. The number of imidazole rings is 1. The van der Waals surface area contributed by atoms with Crippen LogP contribution in [0, 0.1) is 0 Å². The summed E-state index contributed by atoms with van der Waals surface area (Å²) in [4.78, 5) is 31.8. The molecule has 27 heavy (non-hydrogen) atoms. The van der Waals surface area contributed by atoms with Crippen LogP contribution in [0.5, 0.6) is 0 Å². The van der Waals surface area contributed by atoms with Crippen LogP contribution in [-0.4, -0.2) is 29.5 Å². The van der Waals surface area contributed by atoms with Crippen molar-refractivity contribution in [3.8, 4) is 22.6 Å². The Balaban J connectivity index is 1.77. The molecule has 0 spiro atoms. The molecular weight excluding hydrogens is 364 g/mol. The number of aromatic nitrogens is 6. The molecule has 0 bridgehead atoms. The van der Waals surface area contributed by atoms with E-state index in [2.05, 4.69) is 24.9 Å². The van der Waals surface area contributed by atoms with Gasteiger partial charge in [-0.1, -0.05) is 11.6 Å². The number of hydrogen-bond donors (Lipinski definition) is 2. The molecule has 5 heterocycles. The van der Waals surface area contributed by atoms with E-state index >= 15 is 0 Å². The predicted octanol–water partition coefficient (Wildman–Crippen LogP) is 3.52. The molecule has 0 fully saturated rings. The SMILES string of the molecule is Cn1ccc(-c2nccc3[nH]c(=O)c(-c4nc5cc(Cl)ncc5[nH]4)cc23)c1. The van der Waals surface area contributed by atoms with E-state index in [1.54, 1.807) is 24.5 Å². The Hall–Kier alpha value is -3.45. The van der Waals surface area contributed by atoms with Crippen LogP contribution in [0.1, 0.15) is 0 Å². The lowest BCUT2D eigenvalue weighted by Crippen LogP contribution is -2.10. The molecule has 0 unspecified atom stereocenters. The molecular formula is C19H13ClN6O. The summed E-state index contributed by atoms with van der Waals surface area (Å²) in [7, 11) is 1.95. The first-order chi connectivity index (χ1) is 13.1. The maximum absolute atomic E-state index is 12.6. The number of nitrogens with zero attached hydrogens (tertiary/aromatic N) is 4. The summed E-state index contributed by atoms with van der Waals surface area (Å²) in [5, 5.41) is 1.19.